The van der Waals surface area contributed by atoms with Crippen LogP contribution in [0.15, 0.2) is 12.3 Å². The summed E-state index contributed by atoms with van der Waals surface area (Å²) in [4.78, 5) is 10.3. The first-order chi connectivity index (χ1) is 4.30. The average Bonchev–Trinajstić information content (AvgIpc) is 1.90. The van der Waals surface area contributed by atoms with Gasteiger partial charge in [-0.3, -0.25) is 0 Å². The third kappa shape index (κ3) is 1.41. The molecule has 0 aliphatic carbocycles. The van der Waals surface area contributed by atoms with Crippen molar-refractivity contribution in [2.24, 2.45) is 5.73 Å². The summed E-state index contributed by atoms with van der Waals surface area (Å²) in [6.45, 7) is 0.698. The maximum absolute atomic E-state index is 10.3. The van der Waals surface area contributed by atoms with Crippen molar-refractivity contribution in [2.75, 3.05) is 6.54 Å². The monoisotopic (exact) mass is 128 g/mol. The van der Waals surface area contributed by atoms with Gasteiger partial charge in [0.05, 0.1) is 0 Å². The molecule has 0 aromatic rings. The van der Waals surface area contributed by atoms with Crippen LogP contribution in [0.1, 0.15) is 0 Å². The molecule has 0 spiro atoms. The van der Waals surface area contributed by atoms with Gasteiger partial charge in [-0.05, 0) is 0 Å². The van der Waals surface area contributed by atoms with Gasteiger partial charge >= 0.3 is 6.03 Å². The number of carbonyl (C=O) groups excluding carboxylic acids is 1. The molecule has 0 bridgehead atoms. The molecule has 1 aliphatic rings. The van der Waals surface area contributed by atoms with Crippen molar-refractivity contribution >= 4 is 6.03 Å². The number of carbonyl (C=O) groups is 1. The van der Waals surface area contributed by atoms with Crippen molar-refractivity contribution in [3.05, 3.63) is 12.3 Å². The van der Waals surface area contributed by atoms with Crippen LogP contribution in [0.25, 0.3) is 0 Å². The Labute approximate surface area is 52.4 Å². The Morgan fingerprint density at radius 1 is 1.78 bits per heavy atom. The fourth-order valence-corrected chi connectivity index (χ4v) is 0.514. The van der Waals surface area contributed by atoms with E-state index in [1.165, 1.54) is 0 Å². The summed E-state index contributed by atoms with van der Waals surface area (Å²) in [5.41, 5.74) is 10.1. The average molecular weight is 128 g/mol. The second-order valence-electron chi connectivity index (χ2n) is 1.59. The minimum atomic E-state index is -0.529. The standard InChI is InChI=1S/C4H8N4O/c5-4(9)8-3-1-2-6-7-8/h1,3,6-7H,2H2,(H2,5,9). The quantitative estimate of drug-likeness (QED) is 0.388. The van der Waals surface area contributed by atoms with E-state index < -0.39 is 6.03 Å². The molecule has 1 rings (SSSR count). The van der Waals surface area contributed by atoms with E-state index in [2.05, 4.69) is 11.0 Å². The molecule has 5 nitrogen and oxygen atoms in total. The number of hydrazine groups is 2. The molecule has 0 saturated heterocycles. The number of primary amides is 1. The lowest BCUT2D eigenvalue weighted by molar-refractivity contribution is 0.191. The molecule has 50 valence electrons. The minimum Gasteiger partial charge on any atom is -0.350 e. The molecule has 0 unspecified atom stereocenters. The Morgan fingerprint density at radius 2 is 2.56 bits per heavy atom. The zero-order chi connectivity index (χ0) is 6.69. The fourth-order valence-electron chi connectivity index (χ4n) is 0.514. The van der Waals surface area contributed by atoms with Crippen LogP contribution < -0.4 is 16.7 Å². The summed E-state index contributed by atoms with van der Waals surface area (Å²) < 4.78 is 0. The van der Waals surface area contributed by atoms with Crippen molar-refractivity contribution in [3.8, 4) is 0 Å². The van der Waals surface area contributed by atoms with Gasteiger partial charge in [0, 0.05) is 12.7 Å². The van der Waals surface area contributed by atoms with Gasteiger partial charge in [0.15, 0.2) is 0 Å². The number of hydrogen-bond donors (Lipinski definition) is 3. The highest BCUT2D eigenvalue weighted by Crippen LogP contribution is 1.85. The van der Waals surface area contributed by atoms with Crippen LogP contribution in [0.3, 0.4) is 0 Å². The summed E-state index contributed by atoms with van der Waals surface area (Å²) in [6.07, 6.45) is 3.35. The number of amides is 2. The Morgan fingerprint density at radius 3 is 2.89 bits per heavy atom. The Kier molecular flexibility index (Phi) is 1.66. The highest BCUT2D eigenvalue weighted by atomic mass is 16.2. The van der Waals surface area contributed by atoms with Gasteiger partial charge in [-0.1, -0.05) is 6.08 Å². The van der Waals surface area contributed by atoms with Crippen LogP contribution in [-0.4, -0.2) is 17.6 Å². The normalized spacial score (nSPS) is 18.0. The maximum Gasteiger partial charge on any atom is 0.334 e. The van der Waals surface area contributed by atoms with Gasteiger partial charge in [0.1, 0.15) is 0 Å². The zero-order valence-electron chi connectivity index (χ0n) is 4.79. The van der Waals surface area contributed by atoms with Gasteiger partial charge in [-0.15, -0.1) is 0 Å². The van der Waals surface area contributed by atoms with E-state index in [4.69, 9.17) is 5.73 Å². The molecule has 1 heterocycles. The first kappa shape index (κ1) is 6.06. The van der Waals surface area contributed by atoms with Crippen LogP contribution >= 0.6 is 0 Å². The number of hydrogen-bond acceptors (Lipinski definition) is 3. The Balaban J connectivity index is 2.50. The molecule has 2 amide bonds. The molecule has 0 radical (unpaired) electrons. The summed E-state index contributed by atoms with van der Waals surface area (Å²) in [5.74, 6) is 0. The van der Waals surface area contributed by atoms with Crippen LogP contribution in [0.4, 0.5) is 4.79 Å². The zero-order valence-corrected chi connectivity index (χ0v) is 4.79. The fraction of sp³-hybridized carbons (Fsp3) is 0.250. The molecule has 9 heavy (non-hydrogen) atoms. The van der Waals surface area contributed by atoms with Gasteiger partial charge in [0.2, 0.25) is 0 Å². The predicted molar refractivity (Wildman–Crippen MR) is 31.7 cm³/mol. The van der Waals surface area contributed by atoms with E-state index in [0.717, 1.165) is 5.01 Å². The molecule has 0 aromatic carbocycles. The van der Waals surface area contributed by atoms with Crippen molar-refractivity contribution < 1.29 is 4.79 Å². The highest BCUT2D eigenvalue weighted by Gasteiger charge is 2.05. The molecule has 0 aromatic heterocycles. The van der Waals surface area contributed by atoms with E-state index >= 15 is 0 Å². The number of nitrogens with two attached hydrogens (primary N) is 1. The lowest BCUT2D eigenvalue weighted by Gasteiger charge is -2.20. The van der Waals surface area contributed by atoms with Gasteiger partial charge in [0.25, 0.3) is 0 Å². The molecular formula is C4H8N4O. The third-order valence-corrected chi connectivity index (χ3v) is 0.911. The topological polar surface area (TPSA) is 70.4 Å². The number of urea groups is 1. The molecule has 0 saturated carbocycles. The van der Waals surface area contributed by atoms with Gasteiger partial charge < -0.3 is 5.73 Å². The lowest BCUT2D eigenvalue weighted by atomic mass is 10.6. The second kappa shape index (κ2) is 2.47. The van der Waals surface area contributed by atoms with E-state index in [-0.39, 0.29) is 0 Å². The van der Waals surface area contributed by atoms with E-state index in [0.29, 0.717) is 6.54 Å². The molecule has 4 N–H and O–H groups in total. The van der Waals surface area contributed by atoms with Crippen molar-refractivity contribution in [1.82, 2.24) is 16.0 Å². The van der Waals surface area contributed by atoms with E-state index in [9.17, 15) is 4.79 Å². The second-order valence-corrected chi connectivity index (χ2v) is 1.59. The van der Waals surface area contributed by atoms with Crippen LogP contribution in [-0.2, 0) is 0 Å². The van der Waals surface area contributed by atoms with Crippen LogP contribution in [0.2, 0.25) is 0 Å². The van der Waals surface area contributed by atoms with Gasteiger partial charge in [-0.25, -0.2) is 15.2 Å². The van der Waals surface area contributed by atoms with E-state index in [1.807, 2.05) is 0 Å². The Bertz CT molecular complexity index is 144. The van der Waals surface area contributed by atoms with Gasteiger partial charge in [-0.2, -0.15) is 5.53 Å². The summed E-state index contributed by atoms with van der Waals surface area (Å²) in [6, 6.07) is -0.529. The molecule has 1 aliphatic heterocycles. The van der Waals surface area contributed by atoms with Crippen LogP contribution in [0, 0.1) is 0 Å². The van der Waals surface area contributed by atoms with Crippen molar-refractivity contribution in [2.45, 2.75) is 0 Å². The first-order valence-electron chi connectivity index (χ1n) is 2.54. The third-order valence-electron chi connectivity index (χ3n) is 0.911. The van der Waals surface area contributed by atoms with Crippen molar-refractivity contribution in [3.63, 3.8) is 0 Å². The minimum absolute atomic E-state index is 0.529. The smallest absolute Gasteiger partial charge is 0.334 e. The van der Waals surface area contributed by atoms with Crippen LogP contribution in [0.5, 0.6) is 0 Å². The number of nitrogens with zero attached hydrogens (tertiary/aromatic N) is 1. The highest BCUT2D eigenvalue weighted by molar-refractivity contribution is 5.72. The molecule has 0 atom stereocenters. The predicted octanol–water partition coefficient (Wildman–Crippen LogP) is -1.10. The summed E-state index contributed by atoms with van der Waals surface area (Å²) >= 11 is 0. The SMILES string of the molecule is NC(=O)N1C=CCNN1. The lowest BCUT2D eigenvalue weighted by Crippen LogP contribution is -2.51. The molecule has 0 fully saturated rings. The van der Waals surface area contributed by atoms with E-state index in [1.54, 1.807) is 12.3 Å². The Hall–Kier alpha value is -1.07. The maximum atomic E-state index is 10.3. The molecular weight excluding hydrogens is 120 g/mol. The first-order valence-corrected chi connectivity index (χ1v) is 2.54. The largest absolute Gasteiger partial charge is 0.350 e. The van der Waals surface area contributed by atoms with Crippen molar-refractivity contribution in [1.29, 1.82) is 0 Å². The summed E-state index contributed by atoms with van der Waals surface area (Å²) in [7, 11) is 0. The number of rotatable bonds is 0. The summed E-state index contributed by atoms with van der Waals surface area (Å²) in [5, 5.41) is 1.16. The molecule has 5 heteroatoms. The number of nitrogens with one attached hydrogen (secondary N) is 2.